The number of aromatic nitrogens is 1. The summed E-state index contributed by atoms with van der Waals surface area (Å²) in [7, 11) is 0. The fourth-order valence-electron chi connectivity index (χ4n) is 1.71. The van der Waals surface area contributed by atoms with Crippen molar-refractivity contribution >= 4 is 27.5 Å². The molecule has 1 aromatic carbocycles. The fraction of sp³-hybridized carbons (Fsp3) is 0.214. The smallest absolute Gasteiger partial charge is 0.0410 e. The Hall–Kier alpha value is -0.900. The van der Waals surface area contributed by atoms with Gasteiger partial charge in [0.15, 0.2) is 0 Å². The third-order valence-electron chi connectivity index (χ3n) is 2.81. The van der Waals surface area contributed by atoms with Gasteiger partial charge in [-0.25, -0.2) is 0 Å². The van der Waals surface area contributed by atoms with Crippen LogP contribution in [0.5, 0.6) is 0 Å². The Morgan fingerprint density at radius 3 is 2.72 bits per heavy atom. The highest BCUT2D eigenvalue weighted by Gasteiger charge is 2.06. The third kappa shape index (κ3) is 3.55. The summed E-state index contributed by atoms with van der Waals surface area (Å²) < 4.78 is 1.07. The van der Waals surface area contributed by atoms with E-state index >= 15 is 0 Å². The Labute approximate surface area is 121 Å². The van der Waals surface area contributed by atoms with Gasteiger partial charge >= 0.3 is 0 Å². The van der Waals surface area contributed by atoms with Crippen LogP contribution in [0, 0.1) is 0 Å². The van der Waals surface area contributed by atoms with Crippen LogP contribution in [0.1, 0.15) is 24.1 Å². The lowest BCUT2D eigenvalue weighted by Gasteiger charge is -2.15. The molecule has 1 heterocycles. The summed E-state index contributed by atoms with van der Waals surface area (Å²) in [6.07, 6.45) is 3.62. The normalized spacial score (nSPS) is 12.4. The molecule has 2 aromatic rings. The van der Waals surface area contributed by atoms with Gasteiger partial charge in [0.2, 0.25) is 0 Å². The van der Waals surface area contributed by atoms with Crippen LogP contribution in [0.2, 0.25) is 5.02 Å². The van der Waals surface area contributed by atoms with E-state index < -0.39 is 0 Å². The largest absolute Gasteiger partial charge is 0.306 e. The van der Waals surface area contributed by atoms with Gasteiger partial charge < -0.3 is 5.32 Å². The quantitative estimate of drug-likeness (QED) is 0.904. The Morgan fingerprint density at radius 1 is 1.28 bits per heavy atom. The van der Waals surface area contributed by atoms with Crippen molar-refractivity contribution in [1.82, 2.24) is 10.3 Å². The van der Waals surface area contributed by atoms with Crippen molar-refractivity contribution in [2.24, 2.45) is 0 Å². The minimum atomic E-state index is 0.277. The Morgan fingerprint density at radius 2 is 2.00 bits per heavy atom. The molecule has 0 amide bonds. The first-order valence-electron chi connectivity index (χ1n) is 5.74. The Bertz CT molecular complexity index is 516. The van der Waals surface area contributed by atoms with Crippen LogP contribution in [0.3, 0.4) is 0 Å². The third-order valence-corrected chi connectivity index (χ3v) is 3.82. The van der Waals surface area contributed by atoms with E-state index in [2.05, 4.69) is 33.2 Å². The molecule has 94 valence electrons. The highest BCUT2D eigenvalue weighted by molar-refractivity contribution is 9.10. The van der Waals surface area contributed by atoms with Gasteiger partial charge in [0.25, 0.3) is 0 Å². The van der Waals surface area contributed by atoms with Crippen LogP contribution in [0.4, 0.5) is 0 Å². The molecule has 0 saturated carbocycles. The van der Waals surface area contributed by atoms with Crippen LogP contribution in [0.25, 0.3) is 0 Å². The first kappa shape index (κ1) is 13.5. The molecule has 0 spiro atoms. The van der Waals surface area contributed by atoms with E-state index in [0.717, 1.165) is 21.6 Å². The van der Waals surface area contributed by atoms with Crippen LogP contribution in [-0.4, -0.2) is 4.98 Å². The predicted octanol–water partition coefficient (Wildman–Crippen LogP) is 4.35. The van der Waals surface area contributed by atoms with E-state index in [-0.39, 0.29) is 6.04 Å². The highest BCUT2D eigenvalue weighted by atomic mass is 79.9. The second-order valence-electron chi connectivity index (χ2n) is 4.12. The highest BCUT2D eigenvalue weighted by Crippen LogP contribution is 2.22. The average Bonchev–Trinajstić information content (AvgIpc) is 2.40. The standard InChI is InChI=1S/C14H14BrClN2/c1-10(11-4-6-17-7-5-11)18-9-12-8-13(16)2-3-14(12)15/h2-8,10,18H,9H2,1H3/t10-/m0/s1. The number of halogens is 2. The molecule has 1 atom stereocenters. The number of pyridine rings is 1. The second-order valence-corrected chi connectivity index (χ2v) is 5.41. The van der Waals surface area contributed by atoms with Crippen molar-refractivity contribution in [3.8, 4) is 0 Å². The minimum Gasteiger partial charge on any atom is -0.306 e. The lowest BCUT2D eigenvalue weighted by Crippen LogP contribution is -2.18. The van der Waals surface area contributed by atoms with Gasteiger partial charge in [-0.2, -0.15) is 0 Å². The first-order chi connectivity index (χ1) is 8.66. The maximum Gasteiger partial charge on any atom is 0.0410 e. The van der Waals surface area contributed by atoms with Crippen molar-refractivity contribution in [2.45, 2.75) is 19.5 Å². The van der Waals surface area contributed by atoms with Crippen molar-refractivity contribution in [3.05, 3.63) is 63.3 Å². The van der Waals surface area contributed by atoms with Crippen LogP contribution in [-0.2, 0) is 6.54 Å². The molecule has 2 nitrogen and oxygen atoms in total. The van der Waals surface area contributed by atoms with Gasteiger partial charge in [-0.1, -0.05) is 27.5 Å². The summed E-state index contributed by atoms with van der Waals surface area (Å²) in [5.41, 5.74) is 2.38. The molecule has 0 radical (unpaired) electrons. The van der Waals surface area contributed by atoms with E-state index in [0.29, 0.717) is 0 Å². The van der Waals surface area contributed by atoms with Gasteiger partial charge in [-0.3, -0.25) is 4.98 Å². The molecule has 2 rings (SSSR count). The minimum absolute atomic E-state index is 0.277. The molecular weight excluding hydrogens is 312 g/mol. The molecule has 0 fully saturated rings. The summed E-state index contributed by atoms with van der Waals surface area (Å²) >= 11 is 9.52. The topological polar surface area (TPSA) is 24.9 Å². The predicted molar refractivity (Wildman–Crippen MR) is 78.6 cm³/mol. The zero-order valence-electron chi connectivity index (χ0n) is 10.0. The summed E-state index contributed by atoms with van der Waals surface area (Å²) in [4.78, 5) is 4.02. The van der Waals surface area contributed by atoms with Crippen molar-refractivity contribution in [2.75, 3.05) is 0 Å². The van der Waals surface area contributed by atoms with E-state index in [1.165, 1.54) is 5.56 Å². The van der Waals surface area contributed by atoms with E-state index in [1.54, 1.807) is 0 Å². The number of nitrogens with zero attached hydrogens (tertiary/aromatic N) is 1. The second kappa shape index (κ2) is 6.32. The Balaban J connectivity index is 2.01. The lowest BCUT2D eigenvalue weighted by atomic mass is 10.1. The summed E-state index contributed by atoms with van der Waals surface area (Å²) in [6.45, 7) is 2.90. The SMILES string of the molecule is C[C@H](NCc1cc(Cl)ccc1Br)c1ccncc1. The Kier molecular flexibility index (Phi) is 4.75. The molecule has 0 aliphatic heterocycles. The van der Waals surface area contributed by atoms with Gasteiger partial charge in [0.1, 0.15) is 0 Å². The molecule has 0 unspecified atom stereocenters. The molecule has 0 bridgehead atoms. The van der Waals surface area contributed by atoms with Crippen LogP contribution in [0.15, 0.2) is 47.2 Å². The van der Waals surface area contributed by atoms with Crippen LogP contribution >= 0.6 is 27.5 Å². The van der Waals surface area contributed by atoms with E-state index in [9.17, 15) is 0 Å². The van der Waals surface area contributed by atoms with Gasteiger partial charge in [-0.05, 0) is 48.4 Å². The van der Waals surface area contributed by atoms with Gasteiger partial charge in [-0.15, -0.1) is 0 Å². The van der Waals surface area contributed by atoms with Crippen molar-refractivity contribution in [3.63, 3.8) is 0 Å². The average molecular weight is 326 g/mol. The number of nitrogens with one attached hydrogen (secondary N) is 1. The molecule has 0 aliphatic carbocycles. The number of hydrogen-bond donors (Lipinski definition) is 1. The summed E-state index contributed by atoms with van der Waals surface area (Å²) in [5, 5.41) is 4.22. The zero-order valence-corrected chi connectivity index (χ0v) is 12.4. The maximum atomic E-state index is 5.99. The zero-order chi connectivity index (χ0) is 13.0. The number of rotatable bonds is 4. The van der Waals surface area contributed by atoms with Crippen molar-refractivity contribution in [1.29, 1.82) is 0 Å². The number of hydrogen-bond acceptors (Lipinski definition) is 2. The number of benzene rings is 1. The maximum absolute atomic E-state index is 5.99. The van der Waals surface area contributed by atoms with Gasteiger partial charge in [0, 0.05) is 34.5 Å². The summed E-state index contributed by atoms with van der Waals surface area (Å²) in [5.74, 6) is 0. The monoisotopic (exact) mass is 324 g/mol. The fourth-order valence-corrected chi connectivity index (χ4v) is 2.29. The lowest BCUT2D eigenvalue weighted by molar-refractivity contribution is 0.573. The van der Waals surface area contributed by atoms with Crippen LogP contribution < -0.4 is 5.32 Å². The molecule has 0 saturated heterocycles. The van der Waals surface area contributed by atoms with E-state index in [1.807, 2.05) is 42.7 Å². The molecular formula is C14H14BrClN2. The van der Waals surface area contributed by atoms with E-state index in [4.69, 9.17) is 11.6 Å². The molecule has 18 heavy (non-hydrogen) atoms. The first-order valence-corrected chi connectivity index (χ1v) is 6.91. The van der Waals surface area contributed by atoms with Gasteiger partial charge in [0.05, 0.1) is 0 Å². The van der Waals surface area contributed by atoms with Crippen molar-refractivity contribution < 1.29 is 0 Å². The molecule has 1 aromatic heterocycles. The molecule has 4 heteroatoms. The summed E-state index contributed by atoms with van der Waals surface area (Å²) in [6, 6.07) is 10.1. The molecule has 1 N–H and O–H groups in total. The molecule has 0 aliphatic rings.